The van der Waals surface area contributed by atoms with E-state index in [9.17, 15) is 4.79 Å². The average Bonchev–Trinajstić information content (AvgIpc) is 2.70. The molecule has 0 radical (unpaired) electrons. The standard InChI is InChI=1S/C9H14N2O2/c1-10(5-12)8-7-4-11-3-2-6(13-7)9(8)11/h5-9H,2-4H2,1H3/t6-,7+,8?,9?/m0/s1. The summed E-state index contributed by atoms with van der Waals surface area (Å²) >= 11 is 0. The van der Waals surface area contributed by atoms with Crippen molar-refractivity contribution < 1.29 is 9.53 Å². The molecule has 0 N–H and O–H groups in total. The van der Waals surface area contributed by atoms with Crippen molar-refractivity contribution >= 4 is 6.41 Å². The molecule has 0 aromatic heterocycles. The van der Waals surface area contributed by atoms with E-state index in [1.807, 2.05) is 7.05 Å². The molecule has 3 fully saturated rings. The van der Waals surface area contributed by atoms with Crippen molar-refractivity contribution in [3.8, 4) is 0 Å². The summed E-state index contributed by atoms with van der Waals surface area (Å²) in [7, 11) is 1.86. The average molecular weight is 182 g/mol. The number of hydrogen-bond acceptors (Lipinski definition) is 3. The van der Waals surface area contributed by atoms with Crippen molar-refractivity contribution in [1.82, 2.24) is 9.80 Å². The minimum absolute atomic E-state index is 0.271. The van der Waals surface area contributed by atoms with Gasteiger partial charge in [0.05, 0.1) is 24.3 Å². The lowest BCUT2D eigenvalue weighted by Gasteiger charge is -2.24. The minimum atomic E-state index is 0.271. The zero-order valence-corrected chi connectivity index (χ0v) is 7.72. The van der Waals surface area contributed by atoms with E-state index in [4.69, 9.17) is 4.74 Å². The quantitative estimate of drug-likeness (QED) is 0.529. The predicted molar refractivity (Wildman–Crippen MR) is 46.3 cm³/mol. The number of likely N-dealkylation sites (N-methyl/N-ethyl adjacent to an activating group) is 1. The number of hydrogen-bond donors (Lipinski definition) is 0. The van der Waals surface area contributed by atoms with Gasteiger partial charge in [-0.15, -0.1) is 0 Å². The van der Waals surface area contributed by atoms with Crippen LogP contribution >= 0.6 is 0 Å². The molecule has 72 valence electrons. The summed E-state index contributed by atoms with van der Waals surface area (Å²) < 4.78 is 5.84. The first-order valence-corrected chi connectivity index (χ1v) is 4.88. The van der Waals surface area contributed by atoms with Crippen molar-refractivity contribution in [3.05, 3.63) is 0 Å². The Kier molecular flexibility index (Phi) is 1.46. The van der Waals surface area contributed by atoms with Gasteiger partial charge in [-0.3, -0.25) is 9.69 Å². The first-order chi connectivity index (χ1) is 6.31. The monoisotopic (exact) mass is 182 g/mol. The van der Waals surface area contributed by atoms with Crippen LogP contribution in [0.5, 0.6) is 0 Å². The molecular weight excluding hydrogens is 168 g/mol. The highest BCUT2D eigenvalue weighted by Gasteiger charge is 2.58. The molecule has 3 saturated heterocycles. The first kappa shape index (κ1) is 7.76. The van der Waals surface area contributed by atoms with E-state index in [0.717, 1.165) is 25.9 Å². The molecule has 3 heterocycles. The second kappa shape index (κ2) is 2.45. The molecule has 3 rings (SSSR count). The normalized spacial score (nSPS) is 47.2. The maximum Gasteiger partial charge on any atom is 0.209 e. The van der Waals surface area contributed by atoms with Gasteiger partial charge in [0.1, 0.15) is 0 Å². The number of carbonyl (C=O) groups excluding carboxylic acids is 1. The van der Waals surface area contributed by atoms with Crippen LogP contribution in [-0.4, -0.2) is 60.6 Å². The third-order valence-electron chi connectivity index (χ3n) is 3.63. The molecule has 0 aromatic carbocycles. The summed E-state index contributed by atoms with van der Waals surface area (Å²) in [5.41, 5.74) is 0. The molecule has 4 heteroatoms. The fourth-order valence-corrected chi connectivity index (χ4v) is 3.13. The van der Waals surface area contributed by atoms with Crippen LogP contribution in [0.25, 0.3) is 0 Å². The summed E-state index contributed by atoms with van der Waals surface area (Å²) in [6.45, 7) is 2.17. The maximum atomic E-state index is 10.7. The van der Waals surface area contributed by atoms with Gasteiger partial charge in [0, 0.05) is 20.1 Å². The highest BCUT2D eigenvalue weighted by molar-refractivity contribution is 5.48. The molecule has 3 aliphatic heterocycles. The van der Waals surface area contributed by atoms with E-state index >= 15 is 0 Å². The van der Waals surface area contributed by atoms with Crippen molar-refractivity contribution in [3.63, 3.8) is 0 Å². The Balaban J connectivity index is 1.89. The predicted octanol–water partition coefficient (Wildman–Crippen LogP) is -0.701. The lowest BCUT2D eigenvalue weighted by atomic mass is 10.1. The van der Waals surface area contributed by atoms with E-state index in [0.29, 0.717) is 18.2 Å². The van der Waals surface area contributed by atoms with Crippen LogP contribution in [0.4, 0.5) is 0 Å². The van der Waals surface area contributed by atoms with Gasteiger partial charge < -0.3 is 9.64 Å². The van der Waals surface area contributed by atoms with Crippen LogP contribution in [0, 0.1) is 0 Å². The van der Waals surface area contributed by atoms with Gasteiger partial charge in [-0.25, -0.2) is 0 Å². The van der Waals surface area contributed by atoms with Gasteiger partial charge >= 0.3 is 0 Å². The number of carbonyl (C=O) groups is 1. The van der Waals surface area contributed by atoms with Crippen LogP contribution < -0.4 is 0 Å². The van der Waals surface area contributed by atoms with E-state index in [1.54, 1.807) is 4.90 Å². The van der Waals surface area contributed by atoms with Gasteiger partial charge in [-0.2, -0.15) is 0 Å². The zero-order valence-electron chi connectivity index (χ0n) is 7.72. The third kappa shape index (κ3) is 0.849. The fourth-order valence-electron chi connectivity index (χ4n) is 3.13. The molecule has 2 unspecified atom stereocenters. The molecule has 3 aliphatic rings. The lowest BCUT2D eigenvalue weighted by molar-refractivity contribution is -0.119. The summed E-state index contributed by atoms with van der Waals surface area (Å²) in [6.07, 6.45) is 2.73. The first-order valence-electron chi connectivity index (χ1n) is 4.88. The Morgan fingerprint density at radius 1 is 1.54 bits per heavy atom. The van der Waals surface area contributed by atoms with Crippen molar-refractivity contribution in [2.75, 3.05) is 20.1 Å². The molecule has 0 aromatic rings. The number of morpholine rings is 1. The van der Waals surface area contributed by atoms with Gasteiger partial charge in [0.2, 0.25) is 6.41 Å². The summed E-state index contributed by atoms with van der Waals surface area (Å²) in [5, 5.41) is 0. The molecule has 0 spiro atoms. The summed E-state index contributed by atoms with van der Waals surface area (Å²) in [6, 6.07) is 0.796. The summed E-state index contributed by atoms with van der Waals surface area (Å²) in [4.78, 5) is 14.9. The van der Waals surface area contributed by atoms with Crippen LogP contribution in [0.2, 0.25) is 0 Å². The van der Waals surface area contributed by atoms with Crippen LogP contribution in [0.3, 0.4) is 0 Å². The second-order valence-electron chi connectivity index (χ2n) is 4.25. The molecular formula is C9H14N2O2. The van der Waals surface area contributed by atoms with Crippen LogP contribution in [-0.2, 0) is 9.53 Å². The molecule has 0 aliphatic carbocycles. The zero-order chi connectivity index (χ0) is 9.00. The Hall–Kier alpha value is -0.610. The highest BCUT2D eigenvalue weighted by atomic mass is 16.5. The van der Waals surface area contributed by atoms with Gasteiger partial charge in [-0.05, 0) is 6.42 Å². The number of ether oxygens (including phenoxy) is 1. The number of amides is 1. The topological polar surface area (TPSA) is 32.8 Å². The summed E-state index contributed by atoms with van der Waals surface area (Å²) in [5.74, 6) is 0. The molecule has 4 atom stereocenters. The molecule has 4 nitrogen and oxygen atoms in total. The second-order valence-corrected chi connectivity index (χ2v) is 4.25. The lowest BCUT2D eigenvalue weighted by Crippen LogP contribution is -2.42. The van der Waals surface area contributed by atoms with Crippen LogP contribution in [0.15, 0.2) is 0 Å². The van der Waals surface area contributed by atoms with Crippen molar-refractivity contribution in [2.24, 2.45) is 0 Å². The number of fused-ring (bicyclic) bond motifs is 1. The fraction of sp³-hybridized carbons (Fsp3) is 0.889. The Morgan fingerprint density at radius 2 is 2.38 bits per heavy atom. The molecule has 1 amide bonds. The van der Waals surface area contributed by atoms with E-state index < -0.39 is 0 Å². The molecule has 13 heavy (non-hydrogen) atoms. The van der Waals surface area contributed by atoms with E-state index in [1.165, 1.54) is 0 Å². The number of nitrogens with zero attached hydrogens (tertiary/aromatic N) is 2. The Morgan fingerprint density at radius 3 is 3.08 bits per heavy atom. The Bertz CT molecular complexity index is 232. The number of rotatable bonds is 2. The Labute approximate surface area is 77.4 Å². The largest absolute Gasteiger partial charge is 0.370 e. The third-order valence-corrected chi connectivity index (χ3v) is 3.63. The maximum absolute atomic E-state index is 10.7. The van der Waals surface area contributed by atoms with E-state index in [2.05, 4.69) is 4.90 Å². The smallest absolute Gasteiger partial charge is 0.209 e. The van der Waals surface area contributed by atoms with Gasteiger partial charge in [0.25, 0.3) is 0 Å². The van der Waals surface area contributed by atoms with Gasteiger partial charge in [0.15, 0.2) is 0 Å². The molecule has 0 saturated carbocycles. The molecule has 2 bridgehead atoms. The minimum Gasteiger partial charge on any atom is -0.370 e. The van der Waals surface area contributed by atoms with Crippen molar-refractivity contribution in [1.29, 1.82) is 0 Å². The highest BCUT2D eigenvalue weighted by Crippen LogP contribution is 2.41. The van der Waals surface area contributed by atoms with Crippen molar-refractivity contribution in [2.45, 2.75) is 30.7 Å². The SMILES string of the molecule is CN(C=O)C1C2[C@@H]3CCN2C[C@H]1O3. The van der Waals surface area contributed by atoms with Gasteiger partial charge in [-0.1, -0.05) is 0 Å². The van der Waals surface area contributed by atoms with Crippen LogP contribution in [0.1, 0.15) is 6.42 Å². The van der Waals surface area contributed by atoms with E-state index in [-0.39, 0.29) is 6.10 Å².